The lowest BCUT2D eigenvalue weighted by Gasteiger charge is -2.00. The van der Waals surface area contributed by atoms with Gasteiger partial charge in [0.05, 0.1) is 10.7 Å². The van der Waals surface area contributed by atoms with E-state index >= 15 is 0 Å². The molecule has 0 radical (unpaired) electrons. The third-order valence-corrected chi connectivity index (χ3v) is 2.66. The van der Waals surface area contributed by atoms with Crippen LogP contribution in [0.4, 0.5) is 3.89 Å². The van der Waals surface area contributed by atoms with Crippen molar-refractivity contribution in [3.63, 3.8) is 0 Å². The lowest BCUT2D eigenvalue weighted by molar-refractivity contribution is 0.440. The van der Waals surface area contributed by atoms with Gasteiger partial charge in [-0.1, -0.05) is 3.89 Å². The maximum Gasteiger partial charge on any atom is 0.488 e. The molecule has 0 aliphatic heterocycles. The third-order valence-electron chi connectivity index (χ3n) is 1.68. The van der Waals surface area contributed by atoms with Crippen molar-refractivity contribution in [1.82, 2.24) is 0 Å². The molecule has 1 heterocycles. The summed E-state index contributed by atoms with van der Waals surface area (Å²) in [4.78, 5) is 0. The third kappa shape index (κ3) is 2.29. The Morgan fingerprint density at radius 2 is 2.13 bits per heavy atom. The molecule has 0 saturated carbocycles. The van der Waals surface area contributed by atoms with Gasteiger partial charge in [0.1, 0.15) is 11.3 Å². The van der Waals surface area contributed by atoms with Crippen LogP contribution in [0.25, 0.3) is 11.0 Å². The predicted octanol–water partition coefficient (Wildman–Crippen LogP) is 2.79. The molecule has 2 rings (SSSR count). The fourth-order valence-electron chi connectivity index (χ4n) is 1.18. The van der Waals surface area contributed by atoms with Crippen LogP contribution in [-0.4, -0.2) is 8.42 Å². The lowest BCUT2D eigenvalue weighted by atomic mass is 10.2. The second kappa shape index (κ2) is 3.49. The molecule has 0 unspecified atom stereocenters. The fourth-order valence-corrected chi connectivity index (χ4v) is 2.05. The molecule has 0 fully saturated rings. The van der Waals surface area contributed by atoms with Crippen molar-refractivity contribution >= 4 is 37.4 Å². The summed E-state index contributed by atoms with van der Waals surface area (Å²) in [6.07, 6.45) is 1.43. The lowest BCUT2D eigenvalue weighted by Crippen LogP contribution is -2.00. The number of rotatable bonds is 2. The van der Waals surface area contributed by atoms with E-state index in [1.807, 2.05) is 0 Å². The zero-order valence-corrected chi connectivity index (χ0v) is 9.51. The Balaban J connectivity index is 2.54. The van der Waals surface area contributed by atoms with Crippen molar-refractivity contribution in [3.8, 4) is 5.75 Å². The molecule has 0 atom stereocenters. The molecule has 0 aliphatic carbocycles. The average molecular weight is 295 g/mol. The fraction of sp³-hybridized carbons (Fsp3) is 0. The maximum absolute atomic E-state index is 12.2. The molecule has 7 heteroatoms. The minimum atomic E-state index is -5.00. The summed E-state index contributed by atoms with van der Waals surface area (Å²) >= 11 is 3.14. The van der Waals surface area contributed by atoms with Crippen molar-refractivity contribution in [2.75, 3.05) is 0 Å². The first-order valence-electron chi connectivity index (χ1n) is 3.76. The standard InChI is InChI=1S/C8H4BrFO4S/c9-7-4-6(14-15(10,11)12)3-5-1-2-13-8(5)7/h1-4H. The molecule has 15 heavy (non-hydrogen) atoms. The second-order valence-corrected chi connectivity index (χ2v) is 4.53. The largest absolute Gasteiger partial charge is 0.488 e. The highest BCUT2D eigenvalue weighted by atomic mass is 79.9. The molecule has 2 aromatic rings. The van der Waals surface area contributed by atoms with Crippen LogP contribution in [0.1, 0.15) is 0 Å². The zero-order valence-electron chi connectivity index (χ0n) is 7.11. The second-order valence-electron chi connectivity index (χ2n) is 2.72. The van der Waals surface area contributed by atoms with Crippen molar-refractivity contribution in [2.45, 2.75) is 0 Å². The van der Waals surface area contributed by atoms with Gasteiger partial charge in [-0.2, -0.15) is 8.42 Å². The van der Waals surface area contributed by atoms with Gasteiger partial charge in [-0.25, -0.2) is 0 Å². The normalized spacial score (nSPS) is 11.9. The summed E-state index contributed by atoms with van der Waals surface area (Å²) < 4.78 is 42.4. The van der Waals surface area contributed by atoms with Crippen LogP contribution in [0.2, 0.25) is 0 Å². The molecule has 0 spiro atoms. The number of furan rings is 1. The van der Waals surface area contributed by atoms with E-state index in [2.05, 4.69) is 20.1 Å². The van der Waals surface area contributed by atoms with Crippen LogP contribution in [0.3, 0.4) is 0 Å². The summed E-state index contributed by atoms with van der Waals surface area (Å²) in [6.45, 7) is 0. The highest BCUT2D eigenvalue weighted by molar-refractivity contribution is 9.10. The van der Waals surface area contributed by atoms with E-state index in [9.17, 15) is 12.3 Å². The van der Waals surface area contributed by atoms with Gasteiger partial charge in [0, 0.05) is 11.5 Å². The topological polar surface area (TPSA) is 56.5 Å². The highest BCUT2D eigenvalue weighted by Gasteiger charge is 2.12. The minimum Gasteiger partial charge on any atom is -0.463 e. The Morgan fingerprint density at radius 3 is 2.80 bits per heavy atom. The number of hydrogen-bond donors (Lipinski definition) is 0. The van der Waals surface area contributed by atoms with Gasteiger partial charge >= 0.3 is 10.5 Å². The molecule has 1 aromatic heterocycles. The summed E-state index contributed by atoms with van der Waals surface area (Å²) in [5.74, 6) is -0.113. The van der Waals surface area contributed by atoms with Crippen LogP contribution in [0, 0.1) is 0 Å². The highest BCUT2D eigenvalue weighted by Crippen LogP contribution is 2.30. The summed E-state index contributed by atoms with van der Waals surface area (Å²) in [7, 11) is -5.00. The van der Waals surface area contributed by atoms with Crippen LogP contribution in [-0.2, 0) is 10.5 Å². The Bertz CT molecular complexity index is 604. The van der Waals surface area contributed by atoms with E-state index < -0.39 is 10.5 Å². The Morgan fingerprint density at radius 1 is 1.40 bits per heavy atom. The van der Waals surface area contributed by atoms with Crippen molar-refractivity contribution in [1.29, 1.82) is 0 Å². The van der Waals surface area contributed by atoms with E-state index in [1.165, 1.54) is 18.4 Å². The van der Waals surface area contributed by atoms with Gasteiger partial charge in [-0.15, -0.1) is 0 Å². The van der Waals surface area contributed by atoms with Crippen molar-refractivity contribution in [3.05, 3.63) is 28.9 Å². The predicted molar refractivity (Wildman–Crippen MR) is 54.6 cm³/mol. The average Bonchev–Trinajstić information content (AvgIpc) is 2.48. The van der Waals surface area contributed by atoms with Gasteiger partial charge in [-0.05, 0) is 28.1 Å². The molecule has 80 valence electrons. The first-order valence-corrected chi connectivity index (χ1v) is 5.87. The van der Waals surface area contributed by atoms with Gasteiger partial charge in [0.15, 0.2) is 0 Å². The van der Waals surface area contributed by atoms with E-state index in [0.29, 0.717) is 15.4 Å². The molecule has 0 N–H and O–H groups in total. The van der Waals surface area contributed by atoms with Gasteiger partial charge in [0.25, 0.3) is 0 Å². The maximum atomic E-state index is 12.2. The monoisotopic (exact) mass is 294 g/mol. The number of halogens is 2. The molecule has 1 aromatic carbocycles. The van der Waals surface area contributed by atoms with Crippen LogP contribution in [0.5, 0.6) is 5.75 Å². The van der Waals surface area contributed by atoms with Crippen LogP contribution < -0.4 is 4.18 Å². The Labute approximate surface area is 93.2 Å². The van der Waals surface area contributed by atoms with Crippen molar-refractivity contribution in [2.24, 2.45) is 0 Å². The molecular formula is C8H4BrFO4S. The minimum absolute atomic E-state index is 0.113. The smallest absolute Gasteiger partial charge is 0.463 e. The van der Waals surface area contributed by atoms with E-state index in [4.69, 9.17) is 4.42 Å². The van der Waals surface area contributed by atoms with Crippen LogP contribution >= 0.6 is 15.9 Å². The first-order chi connectivity index (χ1) is 6.96. The number of hydrogen-bond acceptors (Lipinski definition) is 4. The molecule has 4 nitrogen and oxygen atoms in total. The quantitative estimate of drug-likeness (QED) is 0.799. The van der Waals surface area contributed by atoms with Gasteiger partial charge in [0.2, 0.25) is 0 Å². The van der Waals surface area contributed by atoms with E-state index in [-0.39, 0.29) is 5.75 Å². The summed E-state index contributed by atoms with van der Waals surface area (Å²) in [5, 5.41) is 0.614. The van der Waals surface area contributed by atoms with Crippen molar-refractivity contribution < 1.29 is 20.9 Å². The first kappa shape index (κ1) is 10.4. The van der Waals surface area contributed by atoms with E-state index in [1.54, 1.807) is 6.07 Å². The number of benzene rings is 1. The number of fused-ring (bicyclic) bond motifs is 1. The van der Waals surface area contributed by atoms with Crippen LogP contribution in [0.15, 0.2) is 33.4 Å². The zero-order chi connectivity index (χ0) is 11.1. The molecule has 0 amide bonds. The molecule has 0 bridgehead atoms. The SMILES string of the molecule is O=S(=O)(F)Oc1cc(Br)c2occc2c1. The van der Waals surface area contributed by atoms with E-state index in [0.717, 1.165) is 0 Å². The molecular weight excluding hydrogens is 291 g/mol. The van der Waals surface area contributed by atoms with Gasteiger partial charge < -0.3 is 8.60 Å². The summed E-state index contributed by atoms with van der Waals surface area (Å²) in [5.41, 5.74) is 0.540. The Hall–Kier alpha value is -1.08. The summed E-state index contributed by atoms with van der Waals surface area (Å²) in [6, 6.07) is 4.28. The molecule has 0 saturated heterocycles. The Kier molecular flexibility index (Phi) is 2.43. The van der Waals surface area contributed by atoms with Gasteiger partial charge in [-0.3, -0.25) is 0 Å². The molecule has 0 aliphatic rings.